The van der Waals surface area contributed by atoms with Crippen molar-refractivity contribution in [2.45, 2.75) is 13.1 Å². The van der Waals surface area contributed by atoms with Gasteiger partial charge < -0.3 is 19.4 Å². The summed E-state index contributed by atoms with van der Waals surface area (Å²) in [5.74, 6) is -0.0504. The lowest BCUT2D eigenvalue weighted by molar-refractivity contribution is -0.137. The van der Waals surface area contributed by atoms with E-state index < -0.39 is 17.6 Å². The molecule has 158 valence electrons. The van der Waals surface area contributed by atoms with E-state index >= 15 is 0 Å². The summed E-state index contributed by atoms with van der Waals surface area (Å²) in [6.07, 6.45) is -3.02. The SMILES string of the molecule is Cc1sc(-c2ccco2)nc1C(=O)Nc1cc(C(F)(F)F)ccc1N1CCOCC1. The first-order chi connectivity index (χ1) is 14.3. The Balaban J connectivity index is 1.66. The first kappa shape index (κ1) is 20.4. The van der Waals surface area contributed by atoms with Crippen LogP contribution in [0.15, 0.2) is 41.0 Å². The number of alkyl halides is 3. The molecule has 3 heterocycles. The van der Waals surface area contributed by atoms with E-state index in [0.717, 1.165) is 12.1 Å². The van der Waals surface area contributed by atoms with Crippen LogP contribution in [0.25, 0.3) is 10.8 Å². The van der Waals surface area contributed by atoms with E-state index in [1.165, 1.54) is 23.7 Å². The number of anilines is 2. The molecular weight excluding hydrogens is 419 g/mol. The molecule has 1 saturated heterocycles. The molecule has 6 nitrogen and oxygen atoms in total. The van der Waals surface area contributed by atoms with Gasteiger partial charge in [0, 0.05) is 18.0 Å². The van der Waals surface area contributed by atoms with Gasteiger partial charge in [0.15, 0.2) is 10.8 Å². The van der Waals surface area contributed by atoms with Crippen LogP contribution in [-0.2, 0) is 10.9 Å². The number of aromatic nitrogens is 1. The average molecular weight is 437 g/mol. The summed E-state index contributed by atoms with van der Waals surface area (Å²) >= 11 is 1.28. The summed E-state index contributed by atoms with van der Waals surface area (Å²) in [5.41, 5.74) is -0.0831. The smallest absolute Gasteiger partial charge is 0.416 e. The molecule has 0 radical (unpaired) electrons. The van der Waals surface area contributed by atoms with E-state index in [1.807, 2.05) is 4.90 Å². The highest BCUT2D eigenvalue weighted by molar-refractivity contribution is 7.15. The van der Waals surface area contributed by atoms with Crippen molar-refractivity contribution in [3.8, 4) is 10.8 Å². The van der Waals surface area contributed by atoms with E-state index in [1.54, 1.807) is 19.1 Å². The second kappa shape index (κ2) is 8.11. The predicted molar refractivity (Wildman–Crippen MR) is 107 cm³/mol. The van der Waals surface area contributed by atoms with Gasteiger partial charge in [0.05, 0.1) is 36.4 Å². The molecule has 1 amide bonds. The molecule has 0 aliphatic carbocycles. The lowest BCUT2D eigenvalue weighted by atomic mass is 10.1. The largest absolute Gasteiger partial charge is 0.462 e. The minimum Gasteiger partial charge on any atom is -0.462 e. The molecule has 1 aromatic carbocycles. The Bertz CT molecular complexity index is 1040. The highest BCUT2D eigenvalue weighted by atomic mass is 32.1. The molecule has 0 spiro atoms. The number of amides is 1. The molecule has 0 unspecified atom stereocenters. The summed E-state index contributed by atoms with van der Waals surface area (Å²) in [7, 11) is 0. The molecule has 0 saturated carbocycles. The van der Waals surface area contributed by atoms with Gasteiger partial charge in [-0.1, -0.05) is 0 Å². The van der Waals surface area contributed by atoms with Gasteiger partial charge in [-0.25, -0.2) is 4.98 Å². The maximum absolute atomic E-state index is 13.3. The first-order valence-corrected chi connectivity index (χ1v) is 10.0. The van der Waals surface area contributed by atoms with E-state index in [4.69, 9.17) is 9.15 Å². The van der Waals surface area contributed by atoms with Gasteiger partial charge in [0.25, 0.3) is 5.91 Å². The number of halogens is 3. The minimum atomic E-state index is -4.52. The first-order valence-electron chi connectivity index (χ1n) is 9.19. The Labute approximate surface area is 174 Å². The van der Waals surface area contributed by atoms with Crippen molar-refractivity contribution >= 4 is 28.6 Å². The highest BCUT2D eigenvalue weighted by Crippen LogP contribution is 2.36. The number of furan rings is 1. The molecule has 1 aliphatic rings. The third-order valence-corrected chi connectivity index (χ3v) is 5.65. The van der Waals surface area contributed by atoms with Crippen LogP contribution in [0.1, 0.15) is 20.9 Å². The number of hydrogen-bond donors (Lipinski definition) is 1. The number of nitrogens with zero attached hydrogens (tertiary/aromatic N) is 2. The number of hydrogen-bond acceptors (Lipinski definition) is 6. The van der Waals surface area contributed by atoms with Crippen molar-refractivity contribution in [3.05, 3.63) is 52.7 Å². The average Bonchev–Trinajstić information content (AvgIpc) is 3.37. The van der Waals surface area contributed by atoms with Crippen molar-refractivity contribution in [1.29, 1.82) is 0 Å². The number of ether oxygens (including phenoxy) is 1. The number of thiazole rings is 1. The van der Waals surface area contributed by atoms with Gasteiger partial charge in [-0.2, -0.15) is 13.2 Å². The highest BCUT2D eigenvalue weighted by Gasteiger charge is 2.32. The monoisotopic (exact) mass is 437 g/mol. The van der Waals surface area contributed by atoms with E-state index in [-0.39, 0.29) is 11.4 Å². The fraction of sp³-hybridized carbons (Fsp3) is 0.300. The normalized spacial score (nSPS) is 14.7. The van der Waals surface area contributed by atoms with Crippen molar-refractivity contribution in [2.75, 3.05) is 36.5 Å². The number of morpholine rings is 1. The molecule has 1 fully saturated rings. The summed E-state index contributed by atoms with van der Waals surface area (Å²) in [5, 5.41) is 3.16. The number of aryl methyl sites for hydroxylation is 1. The fourth-order valence-corrected chi connectivity index (χ4v) is 4.07. The maximum Gasteiger partial charge on any atom is 0.416 e. The van der Waals surface area contributed by atoms with Gasteiger partial charge in [-0.05, 0) is 37.3 Å². The Hall–Kier alpha value is -2.85. The van der Waals surface area contributed by atoms with Gasteiger partial charge >= 0.3 is 6.18 Å². The molecule has 30 heavy (non-hydrogen) atoms. The molecule has 1 aliphatic heterocycles. The summed E-state index contributed by atoms with van der Waals surface area (Å²) < 4.78 is 50.4. The standard InChI is InChI=1S/C20H18F3N3O3S/c1-12-17(25-19(30-12)16-3-2-8-29-16)18(27)24-14-11-13(20(21,22)23)4-5-15(14)26-6-9-28-10-7-26/h2-5,8,11H,6-7,9-10H2,1H3,(H,24,27). The van der Waals surface area contributed by atoms with Crippen LogP contribution < -0.4 is 10.2 Å². The zero-order valence-electron chi connectivity index (χ0n) is 16.0. The van der Waals surface area contributed by atoms with Crippen LogP contribution in [0.3, 0.4) is 0 Å². The Kier molecular flexibility index (Phi) is 5.52. The molecule has 3 aromatic rings. The Morgan fingerprint density at radius 2 is 2.00 bits per heavy atom. The zero-order chi connectivity index (χ0) is 21.3. The van der Waals surface area contributed by atoms with Gasteiger partial charge in [-0.3, -0.25) is 4.79 Å². The number of rotatable bonds is 4. The summed E-state index contributed by atoms with van der Waals surface area (Å²) in [6.45, 7) is 3.70. The van der Waals surface area contributed by atoms with Gasteiger partial charge in [0.1, 0.15) is 5.69 Å². The molecule has 0 atom stereocenters. The van der Waals surface area contributed by atoms with Crippen LogP contribution in [0, 0.1) is 6.92 Å². The minimum absolute atomic E-state index is 0.0867. The number of benzene rings is 1. The fourth-order valence-electron chi connectivity index (χ4n) is 3.19. The third kappa shape index (κ3) is 4.19. The van der Waals surface area contributed by atoms with Crippen LogP contribution in [0.5, 0.6) is 0 Å². The van der Waals surface area contributed by atoms with Crippen molar-refractivity contribution in [1.82, 2.24) is 4.98 Å². The second-order valence-corrected chi connectivity index (χ2v) is 7.89. The van der Waals surface area contributed by atoms with Crippen LogP contribution >= 0.6 is 11.3 Å². The van der Waals surface area contributed by atoms with Crippen LogP contribution in [-0.4, -0.2) is 37.2 Å². The van der Waals surface area contributed by atoms with Crippen LogP contribution in [0.4, 0.5) is 24.5 Å². The van der Waals surface area contributed by atoms with E-state index in [0.29, 0.717) is 47.6 Å². The third-order valence-electron chi connectivity index (χ3n) is 4.67. The quantitative estimate of drug-likeness (QED) is 0.634. The molecule has 1 N–H and O–H groups in total. The number of nitrogens with one attached hydrogen (secondary N) is 1. The topological polar surface area (TPSA) is 67.6 Å². The molecule has 10 heteroatoms. The predicted octanol–water partition coefficient (Wildman–Crippen LogP) is 4.82. The van der Waals surface area contributed by atoms with Crippen molar-refractivity contribution in [2.24, 2.45) is 0 Å². The zero-order valence-corrected chi connectivity index (χ0v) is 16.8. The molecule has 4 rings (SSSR count). The van der Waals surface area contributed by atoms with Crippen molar-refractivity contribution < 1.29 is 27.1 Å². The van der Waals surface area contributed by atoms with E-state index in [2.05, 4.69) is 10.3 Å². The number of carbonyl (C=O) groups excluding carboxylic acids is 1. The summed E-state index contributed by atoms with van der Waals surface area (Å²) in [4.78, 5) is 19.7. The molecule has 0 bridgehead atoms. The van der Waals surface area contributed by atoms with Crippen molar-refractivity contribution in [3.63, 3.8) is 0 Å². The second-order valence-electron chi connectivity index (χ2n) is 6.68. The molecule has 2 aromatic heterocycles. The van der Waals surface area contributed by atoms with Crippen LogP contribution in [0.2, 0.25) is 0 Å². The molecular formula is C20H18F3N3O3S. The van der Waals surface area contributed by atoms with E-state index in [9.17, 15) is 18.0 Å². The lowest BCUT2D eigenvalue weighted by Crippen LogP contribution is -2.37. The summed E-state index contributed by atoms with van der Waals surface area (Å²) in [6, 6.07) is 6.79. The number of carbonyl (C=O) groups is 1. The van der Waals surface area contributed by atoms with Gasteiger partial charge in [0.2, 0.25) is 0 Å². The Morgan fingerprint density at radius 3 is 2.67 bits per heavy atom. The Morgan fingerprint density at radius 1 is 1.23 bits per heavy atom. The maximum atomic E-state index is 13.3. The van der Waals surface area contributed by atoms with Gasteiger partial charge in [-0.15, -0.1) is 11.3 Å². The lowest BCUT2D eigenvalue weighted by Gasteiger charge is -2.31.